The summed E-state index contributed by atoms with van der Waals surface area (Å²) < 4.78 is 0. The van der Waals surface area contributed by atoms with Gasteiger partial charge < -0.3 is 0 Å². The average Bonchev–Trinajstić information content (AvgIpc) is 2.72. The van der Waals surface area contributed by atoms with Crippen LogP contribution in [0, 0.1) is 0 Å². The number of hydrogen-bond donors (Lipinski definition) is 0. The van der Waals surface area contributed by atoms with E-state index in [0.717, 1.165) is 0 Å². The van der Waals surface area contributed by atoms with Crippen LogP contribution in [0.25, 0.3) is 0 Å². The summed E-state index contributed by atoms with van der Waals surface area (Å²) in [5.74, 6) is 0. The van der Waals surface area contributed by atoms with E-state index in [0.29, 0.717) is 0 Å². The molecule has 4 aromatic rings. The molecule has 0 fully saturated rings. The number of benzene rings is 4. The zero-order chi connectivity index (χ0) is 17.0. The first kappa shape index (κ1) is 18.7. The first-order valence-electron chi connectivity index (χ1n) is 8.64. The molecule has 0 N–H and O–H groups in total. The summed E-state index contributed by atoms with van der Waals surface area (Å²) in [6, 6.07) is 44.0. The van der Waals surface area contributed by atoms with Gasteiger partial charge in [-0.2, -0.15) is 0 Å². The molecule has 0 aliphatic rings. The normalized spacial score (nSPS) is 11.4. The summed E-state index contributed by atoms with van der Waals surface area (Å²) in [5.41, 5.74) is 0. The van der Waals surface area contributed by atoms with Crippen LogP contribution in [0.4, 0.5) is 0 Å². The summed E-state index contributed by atoms with van der Waals surface area (Å²) in [6.45, 7) is 0. The van der Waals surface area contributed by atoms with Crippen molar-refractivity contribution in [3.05, 3.63) is 121 Å². The summed E-state index contributed by atoms with van der Waals surface area (Å²) >= 11 is 0. The Morgan fingerprint density at radius 3 is 0.692 bits per heavy atom. The first-order chi connectivity index (χ1) is 12.4. The van der Waals surface area contributed by atoms with Crippen molar-refractivity contribution in [2.45, 2.75) is 0 Å². The van der Waals surface area contributed by atoms with Gasteiger partial charge in [-0.15, -0.1) is 0 Å². The van der Waals surface area contributed by atoms with E-state index in [1.807, 2.05) is 0 Å². The fourth-order valence-corrected chi connectivity index (χ4v) is 8.52. The van der Waals surface area contributed by atoms with Gasteiger partial charge in [0.1, 0.15) is 0 Å². The Kier molecular flexibility index (Phi) is 6.15. The molecule has 0 atom stereocenters. The Labute approximate surface area is 169 Å². The van der Waals surface area contributed by atoms with E-state index in [-0.39, 0.29) is 19.5 Å². The molecular weight excluding hydrogens is 420 g/mol. The van der Waals surface area contributed by atoms with Gasteiger partial charge in [-0.05, 0) is 0 Å². The van der Waals surface area contributed by atoms with Gasteiger partial charge in [0.25, 0.3) is 0 Å². The molecule has 0 nitrogen and oxygen atoms in total. The van der Waals surface area contributed by atoms with Crippen molar-refractivity contribution in [2.24, 2.45) is 0 Å². The van der Waals surface area contributed by atoms with Gasteiger partial charge in [-0.1, -0.05) is 0 Å². The van der Waals surface area contributed by atoms with E-state index < -0.39 is 7.26 Å². The van der Waals surface area contributed by atoms with Crippen molar-refractivity contribution in [1.82, 2.24) is 0 Å². The predicted molar refractivity (Wildman–Crippen MR) is 113 cm³/mol. The topological polar surface area (TPSA) is 0 Å². The molecule has 0 amide bonds. The molecular formula is C24H21PRu. The van der Waals surface area contributed by atoms with Crippen LogP contribution in [0.3, 0.4) is 0 Å². The second kappa shape index (κ2) is 8.54. The van der Waals surface area contributed by atoms with Crippen LogP contribution in [0.15, 0.2) is 121 Å². The van der Waals surface area contributed by atoms with Crippen LogP contribution >= 0.6 is 7.26 Å². The van der Waals surface area contributed by atoms with Gasteiger partial charge in [0.05, 0.1) is 0 Å². The molecule has 4 rings (SSSR count). The summed E-state index contributed by atoms with van der Waals surface area (Å²) in [7, 11) is -2.30. The van der Waals surface area contributed by atoms with E-state index in [4.69, 9.17) is 0 Å². The van der Waals surface area contributed by atoms with Gasteiger partial charge >= 0.3 is 150 Å². The molecule has 0 radical (unpaired) electrons. The molecule has 0 saturated carbocycles. The van der Waals surface area contributed by atoms with Crippen LogP contribution in [-0.2, 0) is 19.5 Å². The fourth-order valence-electron chi connectivity index (χ4n) is 3.75. The molecule has 0 bridgehead atoms. The van der Waals surface area contributed by atoms with Crippen molar-refractivity contribution in [3.8, 4) is 0 Å². The zero-order valence-corrected chi connectivity index (χ0v) is 17.1. The monoisotopic (exact) mass is 442 g/mol. The Balaban J connectivity index is 0.00000196. The molecule has 4 aromatic carbocycles. The zero-order valence-electron chi connectivity index (χ0n) is 14.4. The van der Waals surface area contributed by atoms with Crippen molar-refractivity contribution in [2.75, 3.05) is 0 Å². The Hall–Kier alpha value is -2.07. The van der Waals surface area contributed by atoms with E-state index in [2.05, 4.69) is 121 Å². The van der Waals surface area contributed by atoms with E-state index >= 15 is 0 Å². The van der Waals surface area contributed by atoms with E-state index in [1.54, 1.807) is 0 Å². The van der Waals surface area contributed by atoms with Crippen molar-refractivity contribution < 1.29 is 19.5 Å². The summed E-state index contributed by atoms with van der Waals surface area (Å²) in [4.78, 5) is 0. The average molecular weight is 441 g/mol. The minimum atomic E-state index is -2.30. The van der Waals surface area contributed by atoms with E-state index in [1.165, 1.54) is 21.2 Å². The molecule has 26 heavy (non-hydrogen) atoms. The second-order valence-electron chi connectivity index (χ2n) is 6.21. The molecule has 0 heterocycles. The molecule has 130 valence electrons. The fraction of sp³-hybridized carbons (Fsp3) is 0. The van der Waals surface area contributed by atoms with Crippen molar-refractivity contribution in [1.29, 1.82) is 0 Å². The maximum absolute atomic E-state index is 2.30. The summed E-state index contributed by atoms with van der Waals surface area (Å²) in [6.07, 6.45) is 0. The van der Waals surface area contributed by atoms with Gasteiger partial charge in [-0.3, -0.25) is 0 Å². The van der Waals surface area contributed by atoms with Crippen LogP contribution in [-0.4, -0.2) is 0 Å². The van der Waals surface area contributed by atoms with Gasteiger partial charge in [-0.25, -0.2) is 0 Å². The summed E-state index contributed by atoms with van der Waals surface area (Å²) in [5, 5.41) is 5.66. The quantitative estimate of drug-likeness (QED) is 0.331. The maximum atomic E-state index is 2.29. The molecule has 0 spiro atoms. The Morgan fingerprint density at radius 2 is 0.500 bits per heavy atom. The Bertz CT molecular complexity index is 759. The van der Waals surface area contributed by atoms with Crippen LogP contribution in [0.2, 0.25) is 0 Å². The standard InChI is InChI=1S/C24H21P.Ru/c1-5-13-21(14-6-1)25(22-15-7-2-8-16-22,23-17-9-3-10-18-23)24-19-11-4-12-20-24;/h1-20,25H;. The van der Waals surface area contributed by atoms with Crippen LogP contribution in [0.1, 0.15) is 0 Å². The third-order valence-electron chi connectivity index (χ3n) is 4.83. The first-order valence-corrected chi connectivity index (χ1v) is 10.6. The van der Waals surface area contributed by atoms with Gasteiger partial charge in [0.2, 0.25) is 0 Å². The minimum absolute atomic E-state index is 0. The van der Waals surface area contributed by atoms with Crippen LogP contribution in [0.5, 0.6) is 0 Å². The number of hydrogen-bond acceptors (Lipinski definition) is 0. The third kappa shape index (κ3) is 3.30. The molecule has 0 aliphatic carbocycles. The number of rotatable bonds is 4. The SMILES string of the molecule is [Ru].c1ccc([PH](c2ccccc2)(c2ccccc2)c2ccccc2)cc1. The van der Waals surface area contributed by atoms with Gasteiger partial charge in [0.15, 0.2) is 0 Å². The predicted octanol–water partition coefficient (Wildman–Crippen LogP) is 4.04. The molecule has 0 unspecified atom stereocenters. The molecule has 0 aliphatic heterocycles. The Morgan fingerprint density at radius 1 is 0.308 bits per heavy atom. The molecule has 0 aromatic heterocycles. The van der Waals surface area contributed by atoms with Gasteiger partial charge in [0, 0.05) is 19.5 Å². The van der Waals surface area contributed by atoms with Crippen LogP contribution < -0.4 is 21.2 Å². The molecule has 2 heteroatoms. The van der Waals surface area contributed by atoms with E-state index in [9.17, 15) is 0 Å². The van der Waals surface area contributed by atoms with Crippen molar-refractivity contribution >= 4 is 28.5 Å². The van der Waals surface area contributed by atoms with Crippen molar-refractivity contribution in [3.63, 3.8) is 0 Å². The third-order valence-corrected chi connectivity index (χ3v) is 9.62. The molecule has 0 saturated heterocycles. The second-order valence-corrected chi connectivity index (χ2v) is 10.0.